The van der Waals surface area contributed by atoms with Crippen LogP contribution in [-0.2, 0) is 10.0 Å². The summed E-state index contributed by atoms with van der Waals surface area (Å²) in [6.07, 6.45) is 5.48. The Morgan fingerprint density at radius 2 is 2.03 bits per heavy atom. The number of carbonyl (C=O) groups excluding carboxylic acids is 1. The van der Waals surface area contributed by atoms with E-state index < -0.39 is 15.9 Å². The zero-order valence-corrected chi connectivity index (χ0v) is 19.1. The molecule has 2 heterocycles. The van der Waals surface area contributed by atoms with Crippen LogP contribution < -0.4 is 10.1 Å². The second-order valence-corrected chi connectivity index (χ2v) is 10.8. The summed E-state index contributed by atoms with van der Waals surface area (Å²) < 4.78 is 33.7. The van der Waals surface area contributed by atoms with Crippen molar-refractivity contribution in [3.05, 3.63) is 36.4 Å². The number of ether oxygens (including phenoxy) is 1. The molecular formula is C19H24N4O4S3. The lowest BCUT2D eigenvalue weighted by atomic mass is 10.2. The van der Waals surface area contributed by atoms with Gasteiger partial charge < -0.3 is 4.74 Å². The number of carbonyl (C=O) groups is 1. The zero-order valence-electron chi connectivity index (χ0n) is 16.7. The molecule has 1 aromatic heterocycles. The fourth-order valence-corrected chi connectivity index (χ4v) is 6.12. The van der Waals surface area contributed by atoms with Crippen molar-refractivity contribution < 1.29 is 17.9 Å². The minimum atomic E-state index is -3.69. The molecule has 1 fully saturated rings. The number of nitrogens with zero attached hydrogens (tertiary/aromatic N) is 3. The number of sulfonamides is 1. The zero-order chi connectivity index (χ0) is 21.6. The van der Waals surface area contributed by atoms with E-state index in [1.807, 2.05) is 0 Å². The Morgan fingerprint density at radius 3 is 2.70 bits per heavy atom. The first-order valence-corrected chi connectivity index (χ1v) is 12.8. The number of nitrogens with one attached hydrogen (secondary N) is 1. The Hall–Kier alpha value is -1.95. The predicted octanol–water partition coefficient (Wildman–Crippen LogP) is 3.64. The highest BCUT2D eigenvalue weighted by atomic mass is 32.2. The van der Waals surface area contributed by atoms with Gasteiger partial charge in [0.15, 0.2) is 4.34 Å². The SMILES string of the molecule is C=CCSc1nnc(NC(=O)c2cc(S(=O)(=O)N3CCCCCC3)ccc2OC)s1. The largest absolute Gasteiger partial charge is 0.496 e. The maximum Gasteiger partial charge on any atom is 0.261 e. The Labute approximate surface area is 184 Å². The van der Waals surface area contributed by atoms with E-state index in [1.165, 1.54) is 52.7 Å². The molecule has 1 aliphatic heterocycles. The van der Waals surface area contributed by atoms with E-state index in [1.54, 1.807) is 6.08 Å². The van der Waals surface area contributed by atoms with Crippen molar-refractivity contribution in [2.75, 3.05) is 31.3 Å². The molecule has 1 aliphatic rings. The first kappa shape index (κ1) is 22.7. The van der Waals surface area contributed by atoms with Gasteiger partial charge in [0.05, 0.1) is 17.6 Å². The molecule has 8 nitrogen and oxygen atoms in total. The molecule has 0 unspecified atom stereocenters. The van der Waals surface area contributed by atoms with Crippen molar-refractivity contribution in [3.8, 4) is 5.75 Å². The van der Waals surface area contributed by atoms with Crippen molar-refractivity contribution in [2.24, 2.45) is 0 Å². The fraction of sp³-hybridized carbons (Fsp3) is 0.421. The van der Waals surface area contributed by atoms with Gasteiger partial charge in [0.25, 0.3) is 5.91 Å². The predicted molar refractivity (Wildman–Crippen MR) is 119 cm³/mol. The van der Waals surface area contributed by atoms with Crippen molar-refractivity contribution >= 4 is 44.2 Å². The highest BCUT2D eigenvalue weighted by Crippen LogP contribution is 2.29. The summed E-state index contributed by atoms with van der Waals surface area (Å²) in [4.78, 5) is 12.9. The van der Waals surface area contributed by atoms with Gasteiger partial charge in [0.2, 0.25) is 15.2 Å². The smallest absolute Gasteiger partial charge is 0.261 e. The molecule has 3 rings (SSSR count). The van der Waals surface area contributed by atoms with Crippen LogP contribution in [0.4, 0.5) is 5.13 Å². The summed E-state index contributed by atoms with van der Waals surface area (Å²) in [5, 5.41) is 11.0. The van der Waals surface area contributed by atoms with Gasteiger partial charge in [0.1, 0.15) is 5.75 Å². The van der Waals surface area contributed by atoms with Gasteiger partial charge in [-0.3, -0.25) is 10.1 Å². The van der Waals surface area contributed by atoms with Crippen LogP contribution in [0.2, 0.25) is 0 Å². The van der Waals surface area contributed by atoms with Crippen molar-refractivity contribution in [3.63, 3.8) is 0 Å². The highest BCUT2D eigenvalue weighted by molar-refractivity contribution is 8.01. The van der Waals surface area contributed by atoms with Crippen molar-refractivity contribution in [1.82, 2.24) is 14.5 Å². The van der Waals surface area contributed by atoms with Crippen LogP contribution in [0.5, 0.6) is 5.75 Å². The minimum Gasteiger partial charge on any atom is -0.496 e. The average molecular weight is 469 g/mol. The normalized spacial score (nSPS) is 15.4. The molecule has 0 aliphatic carbocycles. The van der Waals surface area contributed by atoms with E-state index in [0.29, 0.717) is 28.3 Å². The number of rotatable bonds is 8. The lowest BCUT2D eigenvalue weighted by Gasteiger charge is -2.20. The van der Waals surface area contributed by atoms with E-state index in [2.05, 4.69) is 22.1 Å². The van der Waals surface area contributed by atoms with E-state index >= 15 is 0 Å². The molecular weight excluding hydrogens is 444 g/mol. The molecule has 30 heavy (non-hydrogen) atoms. The monoisotopic (exact) mass is 468 g/mol. The second-order valence-electron chi connectivity index (χ2n) is 6.61. The Bertz CT molecular complexity index is 999. The third-order valence-corrected chi connectivity index (χ3v) is 8.43. The Kier molecular flexibility index (Phi) is 7.87. The molecule has 0 bridgehead atoms. The van der Waals surface area contributed by atoms with Crippen LogP contribution in [0.3, 0.4) is 0 Å². The van der Waals surface area contributed by atoms with Gasteiger partial charge in [-0.1, -0.05) is 42.0 Å². The molecule has 0 atom stereocenters. The number of thioether (sulfide) groups is 1. The third kappa shape index (κ3) is 5.39. The van der Waals surface area contributed by atoms with E-state index in [9.17, 15) is 13.2 Å². The second kappa shape index (κ2) is 10.4. The number of amides is 1. The van der Waals surface area contributed by atoms with Crippen molar-refractivity contribution in [1.29, 1.82) is 0 Å². The minimum absolute atomic E-state index is 0.0786. The molecule has 0 spiro atoms. The summed E-state index contributed by atoms with van der Waals surface area (Å²) in [7, 11) is -2.25. The molecule has 1 saturated heterocycles. The standard InChI is InChI=1S/C19H24N4O4S3/c1-3-12-28-19-22-21-18(29-19)20-17(24)15-13-14(8-9-16(15)27-2)30(25,26)23-10-6-4-5-7-11-23/h3,8-9,13H,1,4-7,10-12H2,2H3,(H,20,21,24). The topological polar surface area (TPSA) is 101 Å². The van der Waals surface area contributed by atoms with Gasteiger partial charge in [0, 0.05) is 18.8 Å². The van der Waals surface area contributed by atoms with Crippen molar-refractivity contribution in [2.45, 2.75) is 34.9 Å². The molecule has 0 saturated carbocycles. The lowest BCUT2D eigenvalue weighted by Crippen LogP contribution is -2.32. The summed E-state index contributed by atoms with van der Waals surface area (Å²) in [5.41, 5.74) is 0.129. The van der Waals surface area contributed by atoms with Gasteiger partial charge in [-0.2, -0.15) is 4.31 Å². The fourth-order valence-electron chi connectivity index (χ4n) is 3.07. The summed E-state index contributed by atoms with van der Waals surface area (Å²) in [6, 6.07) is 4.35. The van der Waals surface area contributed by atoms with Crippen LogP contribution in [0.1, 0.15) is 36.0 Å². The number of anilines is 1. The molecule has 1 amide bonds. The van der Waals surface area contributed by atoms with Gasteiger partial charge in [-0.05, 0) is 31.0 Å². The van der Waals surface area contributed by atoms with E-state index in [0.717, 1.165) is 25.7 Å². The van der Waals surface area contributed by atoms with Crippen LogP contribution in [-0.4, -0.2) is 54.8 Å². The number of hydrogen-bond acceptors (Lipinski definition) is 8. The lowest BCUT2D eigenvalue weighted by molar-refractivity contribution is 0.102. The summed E-state index contributed by atoms with van der Waals surface area (Å²) >= 11 is 2.70. The van der Waals surface area contributed by atoms with Crippen LogP contribution in [0.15, 0.2) is 40.1 Å². The van der Waals surface area contributed by atoms with Crippen LogP contribution in [0.25, 0.3) is 0 Å². The first-order valence-electron chi connectivity index (χ1n) is 9.52. The quantitative estimate of drug-likeness (QED) is 0.358. The highest BCUT2D eigenvalue weighted by Gasteiger charge is 2.27. The number of hydrogen-bond donors (Lipinski definition) is 1. The first-order chi connectivity index (χ1) is 14.5. The summed E-state index contributed by atoms with van der Waals surface area (Å²) in [5.74, 6) is 0.469. The maximum absolute atomic E-state index is 13.1. The molecule has 1 N–H and O–H groups in total. The molecule has 0 radical (unpaired) electrons. The van der Waals surface area contributed by atoms with Gasteiger partial charge >= 0.3 is 0 Å². The summed E-state index contributed by atoms with van der Waals surface area (Å²) in [6.45, 7) is 4.64. The number of aromatic nitrogens is 2. The molecule has 11 heteroatoms. The molecule has 2 aromatic rings. The van der Waals surface area contributed by atoms with Crippen LogP contribution >= 0.6 is 23.1 Å². The molecule has 1 aromatic carbocycles. The van der Waals surface area contributed by atoms with Gasteiger partial charge in [-0.15, -0.1) is 16.8 Å². The maximum atomic E-state index is 13.1. The Balaban J connectivity index is 1.84. The Morgan fingerprint density at radius 1 is 1.30 bits per heavy atom. The third-order valence-electron chi connectivity index (χ3n) is 4.57. The van der Waals surface area contributed by atoms with E-state index in [4.69, 9.17) is 4.74 Å². The number of benzene rings is 1. The number of methoxy groups -OCH3 is 1. The molecule has 162 valence electrons. The van der Waals surface area contributed by atoms with Crippen LogP contribution in [0, 0.1) is 0 Å². The van der Waals surface area contributed by atoms with E-state index in [-0.39, 0.29) is 16.2 Å². The average Bonchev–Trinajstić information content (AvgIpc) is 3.00. The van der Waals surface area contributed by atoms with Gasteiger partial charge in [-0.25, -0.2) is 8.42 Å².